The van der Waals surface area contributed by atoms with Crippen molar-refractivity contribution in [2.24, 2.45) is 0 Å². The molecule has 0 atom stereocenters. The monoisotopic (exact) mass is 503 g/mol. The van der Waals surface area contributed by atoms with Crippen molar-refractivity contribution in [3.8, 4) is 33.9 Å². The van der Waals surface area contributed by atoms with Crippen LogP contribution in [0, 0.1) is 20.2 Å². The van der Waals surface area contributed by atoms with Crippen LogP contribution in [0.4, 0.5) is 11.4 Å². The van der Waals surface area contributed by atoms with Crippen LogP contribution in [0.3, 0.4) is 0 Å². The van der Waals surface area contributed by atoms with E-state index in [1.54, 1.807) is 24.3 Å². The highest BCUT2D eigenvalue weighted by atomic mass is 79.9. The summed E-state index contributed by atoms with van der Waals surface area (Å²) >= 11 is 3.50. The fraction of sp³-hybridized carbons (Fsp3) is 0. The van der Waals surface area contributed by atoms with Gasteiger partial charge < -0.3 is 9.97 Å². The zero-order valence-electron chi connectivity index (χ0n) is 16.8. The van der Waals surface area contributed by atoms with Crippen molar-refractivity contribution in [3.05, 3.63) is 97.6 Å². The summed E-state index contributed by atoms with van der Waals surface area (Å²) in [5.74, 6) is 0.598. The Bertz CT molecular complexity index is 1450. The summed E-state index contributed by atoms with van der Waals surface area (Å²) in [6.07, 6.45) is 1.86. The van der Waals surface area contributed by atoms with E-state index in [9.17, 15) is 20.2 Å². The highest BCUT2D eigenvalue weighted by molar-refractivity contribution is 9.10. The fourth-order valence-electron chi connectivity index (χ4n) is 3.70. The predicted octanol–water partition coefficient (Wildman–Crippen LogP) is 6.47. The summed E-state index contributed by atoms with van der Waals surface area (Å²) in [7, 11) is 0. The second kappa shape index (κ2) is 7.99. The van der Waals surface area contributed by atoms with E-state index in [-0.39, 0.29) is 11.4 Å². The normalized spacial score (nSPS) is 11.1. The van der Waals surface area contributed by atoms with Crippen molar-refractivity contribution in [3.63, 3.8) is 0 Å². The van der Waals surface area contributed by atoms with Gasteiger partial charge >= 0.3 is 0 Å². The van der Waals surface area contributed by atoms with Gasteiger partial charge in [-0.3, -0.25) is 20.2 Å². The third-order valence-electron chi connectivity index (χ3n) is 5.32. The van der Waals surface area contributed by atoms with Crippen LogP contribution in [0.25, 0.3) is 44.8 Å². The molecule has 0 amide bonds. The second-order valence-corrected chi connectivity index (χ2v) is 8.22. The number of fused-ring (bicyclic) bond motifs is 1. The Balaban J connectivity index is 1.69. The van der Waals surface area contributed by atoms with Crippen molar-refractivity contribution in [2.45, 2.75) is 0 Å². The van der Waals surface area contributed by atoms with E-state index in [2.05, 4.69) is 25.9 Å². The fourth-order valence-corrected chi connectivity index (χ4v) is 4.06. The van der Waals surface area contributed by atoms with Gasteiger partial charge in [0.2, 0.25) is 0 Å². The molecule has 9 nitrogen and oxygen atoms in total. The Kier molecular flexibility index (Phi) is 4.98. The van der Waals surface area contributed by atoms with Gasteiger partial charge in [-0.1, -0.05) is 15.9 Å². The Morgan fingerprint density at radius 2 is 1.42 bits per heavy atom. The molecule has 5 rings (SSSR count). The highest BCUT2D eigenvalue weighted by Gasteiger charge is 2.19. The number of imidazole rings is 1. The van der Waals surface area contributed by atoms with E-state index in [0.717, 1.165) is 20.9 Å². The maximum Gasteiger partial charge on any atom is 0.269 e. The van der Waals surface area contributed by atoms with Crippen LogP contribution in [0.15, 0.2) is 77.4 Å². The van der Waals surface area contributed by atoms with Gasteiger partial charge in [0, 0.05) is 62.5 Å². The topological polar surface area (TPSA) is 131 Å². The van der Waals surface area contributed by atoms with Gasteiger partial charge in [-0.2, -0.15) is 0 Å². The van der Waals surface area contributed by atoms with Gasteiger partial charge in [0.1, 0.15) is 5.82 Å². The number of halogens is 1. The molecular weight excluding hydrogens is 490 g/mol. The van der Waals surface area contributed by atoms with Crippen LogP contribution in [0.1, 0.15) is 0 Å². The molecule has 0 saturated carbocycles. The molecule has 5 aromatic rings. The minimum atomic E-state index is -0.458. The molecule has 0 unspecified atom stereocenters. The second-order valence-electron chi connectivity index (χ2n) is 7.31. The number of nitro groups is 2. The number of H-pyrrole nitrogens is 2. The molecule has 0 fully saturated rings. The summed E-state index contributed by atoms with van der Waals surface area (Å²) in [6, 6.07) is 18.2. The van der Waals surface area contributed by atoms with Crippen molar-refractivity contribution in [2.75, 3.05) is 0 Å². The van der Waals surface area contributed by atoms with Crippen molar-refractivity contribution in [1.82, 2.24) is 15.0 Å². The average molecular weight is 504 g/mol. The number of benzene rings is 3. The van der Waals surface area contributed by atoms with Gasteiger partial charge in [0.15, 0.2) is 0 Å². The maximum absolute atomic E-state index is 11.1. The lowest BCUT2D eigenvalue weighted by molar-refractivity contribution is -0.385. The summed E-state index contributed by atoms with van der Waals surface area (Å²) in [5.41, 5.74) is 4.37. The first-order valence-corrected chi connectivity index (χ1v) is 10.6. The molecule has 0 saturated heterocycles. The number of hydrogen-bond acceptors (Lipinski definition) is 5. The van der Waals surface area contributed by atoms with Crippen LogP contribution in [0.2, 0.25) is 0 Å². The summed E-state index contributed by atoms with van der Waals surface area (Å²) in [4.78, 5) is 32.6. The standard InChI is InChI=1S/C23H14BrN5O4/c24-15-5-10-20-18(11-15)19(12-25-20)23-26-21(13-1-6-16(7-2-13)28(30)31)22(27-23)14-3-8-17(9-4-14)29(32)33/h1-12,25H,(H,26,27). The van der Waals surface area contributed by atoms with Gasteiger partial charge in [-0.15, -0.1) is 0 Å². The molecular formula is C23H14BrN5O4. The number of nitrogens with one attached hydrogen (secondary N) is 2. The van der Waals surface area contributed by atoms with Gasteiger partial charge in [-0.05, 0) is 42.5 Å². The van der Waals surface area contributed by atoms with E-state index in [1.807, 2.05) is 24.4 Å². The lowest BCUT2D eigenvalue weighted by Crippen LogP contribution is -1.89. The lowest BCUT2D eigenvalue weighted by atomic mass is 10.0. The van der Waals surface area contributed by atoms with E-state index < -0.39 is 9.85 Å². The number of rotatable bonds is 5. The highest BCUT2D eigenvalue weighted by Crippen LogP contribution is 2.36. The first kappa shape index (κ1) is 20.6. The number of non-ortho nitro benzene ring substituents is 2. The average Bonchev–Trinajstić information content (AvgIpc) is 3.43. The first-order chi connectivity index (χ1) is 15.9. The van der Waals surface area contributed by atoms with Crippen molar-refractivity contribution >= 4 is 38.2 Å². The molecule has 2 N–H and O–H groups in total. The summed E-state index contributed by atoms with van der Waals surface area (Å²) in [6.45, 7) is 0. The van der Waals surface area contributed by atoms with Crippen LogP contribution in [-0.2, 0) is 0 Å². The number of aromatic amines is 2. The van der Waals surface area contributed by atoms with E-state index in [1.165, 1.54) is 24.3 Å². The van der Waals surface area contributed by atoms with E-state index in [4.69, 9.17) is 4.98 Å². The molecule has 0 aliphatic heterocycles. The number of nitrogens with zero attached hydrogens (tertiary/aromatic N) is 3. The van der Waals surface area contributed by atoms with Gasteiger partial charge in [0.05, 0.1) is 21.2 Å². The van der Waals surface area contributed by atoms with Crippen LogP contribution < -0.4 is 0 Å². The number of hydrogen-bond donors (Lipinski definition) is 2. The van der Waals surface area contributed by atoms with Gasteiger partial charge in [0.25, 0.3) is 11.4 Å². The Morgan fingerprint density at radius 1 is 0.818 bits per heavy atom. The molecule has 2 heterocycles. The maximum atomic E-state index is 11.1. The molecule has 0 bridgehead atoms. The van der Waals surface area contributed by atoms with E-state index in [0.29, 0.717) is 28.3 Å². The molecule has 0 aliphatic carbocycles. The zero-order valence-corrected chi connectivity index (χ0v) is 18.4. The molecule has 0 radical (unpaired) electrons. The SMILES string of the molecule is O=[N+]([O-])c1ccc(-c2nc(-c3c[nH]c4ccc(Br)cc34)[nH]c2-c2ccc([N+](=O)[O-])cc2)cc1. The van der Waals surface area contributed by atoms with Crippen LogP contribution >= 0.6 is 15.9 Å². The zero-order chi connectivity index (χ0) is 23.1. The smallest absolute Gasteiger partial charge is 0.269 e. The third kappa shape index (κ3) is 3.76. The summed E-state index contributed by atoms with van der Waals surface area (Å²) < 4.78 is 0.925. The molecule has 33 heavy (non-hydrogen) atoms. The van der Waals surface area contributed by atoms with Crippen molar-refractivity contribution < 1.29 is 9.85 Å². The number of nitro benzene ring substituents is 2. The van der Waals surface area contributed by atoms with Crippen LogP contribution in [-0.4, -0.2) is 24.8 Å². The van der Waals surface area contributed by atoms with Gasteiger partial charge in [-0.25, -0.2) is 4.98 Å². The lowest BCUT2D eigenvalue weighted by Gasteiger charge is -2.03. The minimum absolute atomic E-state index is 0.0168. The molecule has 3 aromatic carbocycles. The molecule has 0 spiro atoms. The minimum Gasteiger partial charge on any atom is -0.360 e. The van der Waals surface area contributed by atoms with Crippen LogP contribution in [0.5, 0.6) is 0 Å². The Labute approximate surface area is 194 Å². The Hall–Kier alpha value is -4.31. The Morgan fingerprint density at radius 3 is 2.03 bits per heavy atom. The number of aromatic nitrogens is 3. The molecule has 0 aliphatic rings. The molecule has 2 aromatic heterocycles. The first-order valence-electron chi connectivity index (χ1n) is 9.77. The molecule has 162 valence electrons. The largest absolute Gasteiger partial charge is 0.360 e. The van der Waals surface area contributed by atoms with Crippen molar-refractivity contribution in [1.29, 1.82) is 0 Å². The molecule has 10 heteroatoms. The quantitative estimate of drug-likeness (QED) is 0.209. The van der Waals surface area contributed by atoms with E-state index >= 15 is 0 Å². The summed E-state index contributed by atoms with van der Waals surface area (Å²) in [5, 5.41) is 23.1. The predicted molar refractivity (Wildman–Crippen MR) is 128 cm³/mol. The third-order valence-corrected chi connectivity index (χ3v) is 5.81.